The van der Waals surface area contributed by atoms with Gasteiger partial charge in [0.2, 0.25) is 0 Å². The number of aromatic nitrogens is 6. The molecular weight excluding hydrogens is 501 g/mol. The van der Waals surface area contributed by atoms with Gasteiger partial charge in [0.25, 0.3) is 5.56 Å². The summed E-state index contributed by atoms with van der Waals surface area (Å²) in [6, 6.07) is 0. The summed E-state index contributed by atoms with van der Waals surface area (Å²) >= 11 is 0. The molecule has 5 rings (SSSR count). The molecule has 3 aromatic rings. The fourth-order valence-electron chi connectivity index (χ4n) is 4.02. The third kappa shape index (κ3) is 4.85. The topological polar surface area (TPSA) is 244 Å². The van der Waals surface area contributed by atoms with Crippen molar-refractivity contribution in [2.75, 3.05) is 18.9 Å². The molecule has 0 radical (unpaired) electrons. The van der Waals surface area contributed by atoms with Crippen LogP contribution in [-0.4, -0.2) is 105 Å². The number of anilines is 1. The lowest BCUT2D eigenvalue weighted by molar-refractivity contribution is -0.0511. The third-order valence-electron chi connectivity index (χ3n) is 6.07. The Morgan fingerprint density at radius 1 is 1.00 bits per heavy atom. The van der Waals surface area contributed by atoms with Gasteiger partial charge in [0, 0.05) is 11.8 Å². The van der Waals surface area contributed by atoms with E-state index in [2.05, 4.69) is 15.0 Å². The summed E-state index contributed by atoms with van der Waals surface area (Å²) in [7, 11) is 0. The zero-order valence-corrected chi connectivity index (χ0v) is 19.3. The minimum atomic E-state index is -1.86. The summed E-state index contributed by atoms with van der Waals surface area (Å²) < 4.78 is 26.6. The van der Waals surface area contributed by atoms with Crippen LogP contribution in [0.1, 0.15) is 18.0 Å². The fourth-order valence-corrected chi connectivity index (χ4v) is 4.02. The van der Waals surface area contributed by atoms with Crippen LogP contribution < -0.4 is 17.0 Å². The molecule has 0 bridgehead atoms. The van der Waals surface area contributed by atoms with E-state index in [1.807, 2.05) is 4.98 Å². The van der Waals surface area contributed by atoms with Crippen LogP contribution in [0, 0.1) is 6.92 Å². The average molecular weight is 527 g/mol. The molecule has 0 aromatic carbocycles. The van der Waals surface area contributed by atoms with Gasteiger partial charge in [-0.1, -0.05) is 0 Å². The molecule has 0 spiro atoms. The van der Waals surface area contributed by atoms with E-state index in [1.54, 1.807) is 0 Å². The number of fused-ring (bicyclic) bond motifs is 1. The molecule has 2 fully saturated rings. The second kappa shape index (κ2) is 10.6. The van der Waals surface area contributed by atoms with E-state index < -0.39 is 73.6 Å². The normalized spacial score (nSPS) is 31.4. The predicted molar refractivity (Wildman–Crippen MR) is 121 cm³/mol. The van der Waals surface area contributed by atoms with E-state index in [0.717, 1.165) is 10.8 Å². The van der Waals surface area contributed by atoms with Crippen molar-refractivity contribution >= 4 is 17.0 Å². The largest absolute Gasteiger partial charge is 0.394 e. The molecule has 17 heteroatoms. The third-order valence-corrected chi connectivity index (χ3v) is 6.07. The van der Waals surface area contributed by atoms with E-state index in [4.69, 9.17) is 25.4 Å². The zero-order valence-electron chi connectivity index (χ0n) is 19.3. The summed E-state index contributed by atoms with van der Waals surface area (Å²) in [4.78, 5) is 36.6. The number of nitrogens with zero attached hydrogens (tertiary/aromatic N) is 5. The summed E-state index contributed by atoms with van der Waals surface area (Å²) in [5.41, 5.74) is 5.26. The SMILES string of the molecule is Cc1cn([C@@H]2O[C@H](CO)[C@@H](O)[C@@H]2F)c(=O)[nH]c1=O.Nc1ncnc2c1ncn2[C@@H]1O[C@H](CO)[C@@H](O)[C@@H]1O. The highest BCUT2D eigenvalue weighted by atomic mass is 19.1. The maximum atomic E-state index is 13.8. The van der Waals surface area contributed by atoms with Crippen LogP contribution in [-0.2, 0) is 9.47 Å². The number of aromatic amines is 1. The summed E-state index contributed by atoms with van der Waals surface area (Å²) in [6.07, 6.45) is -6.09. The summed E-state index contributed by atoms with van der Waals surface area (Å²) in [5.74, 6) is 0.218. The van der Waals surface area contributed by atoms with Crippen molar-refractivity contribution < 1.29 is 39.4 Å². The Morgan fingerprint density at radius 2 is 1.65 bits per heavy atom. The lowest BCUT2D eigenvalue weighted by Crippen LogP contribution is -2.36. The average Bonchev–Trinajstić information content (AvgIpc) is 3.52. The van der Waals surface area contributed by atoms with Crippen molar-refractivity contribution in [3.8, 4) is 0 Å². The first-order valence-electron chi connectivity index (χ1n) is 11.0. The van der Waals surface area contributed by atoms with Crippen LogP contribution in [0.3, 0.4) is 0 Å². The van der Waals surface area contributed by atoms with Crippen molar-refractivity contribution in [1.29, 1.82) is 0 Å². The number of rotatable bonds is 4. The van der Waals surface area contributed by atoms with Gasteiger partial charge in [-0.05, 0) is 6.92 Å². The number of nitrogens with two attached hydrogens (primary N) is 1. The monoisotopic (exact) mass is 527 g/mol. The van der Waals surface area contributed by atoms with Gasteiger partial charge in [-0.25, -0.2) is 24.1 Å². The Kier molecular flexibility index (Phi) is 7.64. The molecule has 5 heterocycles. The van der Waals surface area contributed by atoms with Gasteiger partial charge < -0.3 is 40.7 Å². The molecule has 2 saturated heterocycles. The van der Waals surface area contributed by atoms with Crippen molar-refractivity contribution in [2.24, 2.45) is 0 Å². The van der Waals surface area contributed by atoms with E-state index in [-0.39, 0.29) is 11.4 Å². The van der Waals surface area contributed by atoms with E-state index >= 15 is 0 Å². The van der Waals surface area contributed by atoms with E-state index in [9.17, 15) is 29.3 Å². The number of hydrogen-bond acceptors (Lipinski definition) is 13. The number of nitrogens with one attached hydrogen (secondary N) is 1. The molecular formula is C20H26FN7O9. The fraction of sp³-hybridized carbons (Fsp3) is 0.550. The van der Waals surface area contributed by atoms with Crippen molar-refractivity contribution in [2.45, 2.75) is 56.1 Å². The Morgan fingerprint density at radius 3 is 2.27 bits per heavy atom. The van der Waals surface area contributed by atoms with Gasteiger partial charge in [0.15, 0.2) is 30.1 Å². The standard InChI is InChI=1S/C10H13FN2O5.C10H13N5O4/c1-4-2-13(10(17)12-8(4)16)9-6(11)7(15)5(3-14)18-9;11-8-5-9(13-2-12-8)15(3-14-5)10-7(18)6(17)4(1-16)19-10/h2,5-7,9,14-15H,3H2,1H3,(H,12,16,17);2-4,6-7,10,16-18H,1H2,(H2,11,12,13)/t5-,6+,7-,9-;4-,6-,7+,10-/m11/s1. The van der Waals surface area contributed by atoms with Crippen molar-refractivity contribution in [1.82, 2.24) is 29.1 Å². The quantitative estimate of drug-likeness (QED) is 0.174. The molecule has 2 aliphatic rings. The summed E-state index contributed by atoms with van der Waals surface area (Å²) in [5, 5.41) is 47.1. The molecule has 8 atom stereocenters. The lowest BCUT2D eigenvalue weighted by Gasteiger charge is -2.16. The van der Waals surface area contributed by atoms with Gasteiger partial charge in [-0.15, -0.1) is 0 Å². The Hall–Kier alpha value is -3.32. The number of hydrogen-bond donors (Lipinski definition) is 7. The van der Waals surface area contributed by atoms with Crippen LogP contribution >= 0.6 is 0 Å². The van der Waals surface area contributed by atoms with Gasteiger partial charge in [-0.3, -0.25) is 18.9 Å². The number of alkyl halides is 1. The van der Waals surface area contributed by atoms with Crippen LogP contribution in [0.5, 0.6) is 0 Å². The van der Waals surface area contributed by atoms with Crippen LogP contribution in [0.4, 0.5) is 10.2 Å². The maximum Gasteiger partial charge on any atom is 0.330 e. The van der Waals surface area contributed by atoms with Crippen molar-refractivity contribution in [3.63, 3.8) is 0 Å². The Labute approximate surface area is 206 Å². The second-order valence-corrected chi connectivity index (χ2v) is 8.47. The van der Waals surface area contributed by atoms with Crippen LogP contribution in [0.2, 0.25) is 0 Å². The summed E-state index contributed by atoms with van der Waals surface area (Å²) in [6.45, 7) is 0.505. The van der Waals surface area contributed by atoms with Crippen LogP contribution in [0.15, 0.2) is 28.4 Å². The smallest absolute Gasteiger partial charge is 0.330 e. The van der Waals surface area contributed by atoms with Crippen LogP contribution in [0.25, 0.3) is 11.2 Å². The van der Waals surface area contributed by atoms with Gasteiger partial charge >= 0.3 is 5.69 Å². The number of H-pyrrole nitrogens is 1. The Bertz CT molecular complexity index is 1360. The van der Waals surface area contributed by atoms with Gasteiger partial charge in [-0.2, -0.15) is 0 Å². The van der Waals surface area contributed by atoms with E-state index in [1.165, 1.54) is 24.1 Å². The second-order valence-electron chi connectivity index (χ2n) is 8.47. The minimum absolute atomic E-state index is 0.215. The van der Waals surface area contributed by atoms with E-state index in [0.29, 0.717) is 11.2 Å². The maximum absolute atomic E-state index is 13.8. The molecule has 3 aromatic heterocycles. The number of aryl methyl sites for hydroxylation is 1. The first-order chi connectivity index (χ1) is 17.6. The molecule has 0 saturated carbocycles. The first-order valence-corrected chi connectivity index (χ1v) is 11.0. The highest BCUT2D eigenvalue weighted by Gasteiger charge is 2.45. The highest BCUT2D eigenvalue weighted by Crippen LogP contribution is 2.32. The minimum Gasteiger partial charge on any atom is -0.394 e. The molecule has 0 unspecified atom stereocenters. The number of aliphatic hydroxyl groups excluding tert-OH is 5. The zero-order chi connectivity index (χ0) is 27.0. The number of halogens is 1. The number of aliphatic hydroxyl groups is 5. The molecule has 37 heavy (non-hydrogen) atoms. The number of ether oxygens (including phenoxy) is 2. The first kappa shape index (κ1) is 26.7. The predicted octanol–water partition coefficient (Wildman–Crippen LogP) is -3.55. The molecule has 0 aliphatic carbocycles. The highest BCUT2D eigenvalue weighted by molar-refractivity contribution is 5.81. The number of nitrogen functional groups attached to an aromatic ring is 1. The molecule has 202 valence electrons. The number of imidazole rings is 1. The molecule has 8 N–H and O–H groups in total. The van der Waals surface area contributed by atoms with Crippen molar-refractivity contribution in [3.05, 3.63) is 45.3 Å². The lowest BCUT2D eigenvalue weighted by atomic mass is 10.1. The van der Waals surface area contributed by atoms with Gasteiger partial charge in [0.05, 0.1) is 19.5 Å². The van der Waals surface area contributed by atoms with Gasteiger partial charge in [0.1, 0.15) is 42.4 Å². The Balaban J connectivity index is 0.000000173. The molecule has 16 nitrogen and oxygen atoms in total. The molecule has 0 amide bonds. The molecule has 2 aliphatic heterocycles.